The number of nitrogens with two attached hydrogens (primary N) is 1. The number of rotatable bonds is 5. The molecule has 0 bridgehead atoms. The van der Waals surface area contributed by atoms with E-state index in [0.29, 0.717) is 6.54 Å². The summed E-state index contributed by atoms with van der Waals surface area (Å²) in [6.07, 6.45) is 0. The molecule has 0 aliphatic rings. The molecule has 2 N–H and O–H groups in total. The number of nitrogens with zero attached hydrogens (tertiary/aromatic N) is 1. The van der Waals surface area contributed by atoms with Gasteiger partial charge in [0.15, 0.2) is 0 Å². The second-order valence-electron chi connectivity index (χ2n) is 3.52. The van der Waals surface area contributed by atoms with Gasteiger partial charge in [-0.2, -0.15) is 0 Å². The molecule has 0 aliphatic carbocycles. The van der Waals surface area contributed by atoms with E-state index in [9.17, 15) is 4.39 Å². The first kappa shape index (κ1) is 12.1. The molecular formula is C12H19FN2. The zero-order chi connectivity index (χ0) is 11.3. The van der Waals surface area contributed by atoms with Gasteiger partial charge in [-0.25, -0.2) is 4.39 Å². The van der Waals surface area contributed by atoms with Gasteiger partial charge < -0.3 is 5.73 Å². The highest BCUT2D eigenvalue weighted by atomic mass is 19.1. The fourth-order valence-electron chi connectivity index (χ4n) is 1.85. The lowest BCUT2D eigenvalue weighted by molar-refractivity contribution is 0.224. The van der Waals surface area contributed by atoms with Crippen LogP contribution in [0, 0.1) is 5.82 Å². The van der Waals surface area contributed by atoms with Crippen LogP contribution < -0.4 is 5.73 Å². The predicted octanol–water partition coefficient (Wildman–Crippen LogP) is 2.17. The first-order valence-electron chi connectivity index (χ1n) is 5.42. The third-order valence-electron chi connectivity index (χ3n) is 2.73. The standard InChI is InChI=1S/C12H19FN2/c1-3-15(4-2)12(9-14)10-5-7-11(13)8-6-10/h5-8,12H,3-4,9,14H2,1-2H3/t12-/m1/s1. The summed E-state index contributed by atoms with van der Waals surface area (Å²) in [5.41, 5.74) is 6.85. The third kappa shape index (κ3) is 3.01. The Bertz CT molecular complexity index is 280. The molecule has 0 unspecified atom stereocenters. The van der Waals surface area contributed by atoms with Crippen LogP contribution in [0.1, 0.15) is 25.5 Å². The van der Waals surface area contributed by atoms with Crippen molar-refractivity contribution in [2.75, 3.05) is 19.6 Å². The summed E-state index contributed by atoms with van der Waals surface area (Å²) < 4.78 is 12.8. The van der Waals surface area contributed by atoms with Gasteiger partial charge in [0.25, 0.3) is 0 Å². The van der Waals surface area contributed by atoms with E-state index in [1.807, 2.05) is 12.1 Å². The lowest BCUT2D eigenvalue weighted by Crippen LogP contribution is -2.33. The highest BCUT2D eigenvalue weighted by Gasteiger charge is 2.15. The molecule has 0 saturated carbocycles. The Morgan fingerprint density at radius 3 is 2.13 bits per heavy atom. The number of likely N-dealkylation sites (N-methyl/N-ethyl adjacent to an activating group) is 1. The highest BCUT2D eigenvalue weighted by Crippen LogP contribution is 2.19. The first-order valence-corrected chi connectivity index (χ1v) is 5.42. The fraction of sp³-hybridized carbons (Fsp3) is 0.500. The van der Waals surface area contributed by atoms with E-state index >= 15 is 0 Å². The smallest absolute Gasteiger partial charge is 0.123 e. The van der Waals surface area contributed by atoms with Crippen molar-refractivity contribution >= 4 is 0 Å². The molecule has 1 atom stereocenters. The van der Waals surface area contributed by atoms with Crippen LogP contribution in [-0.4, -0.2) is 24.5 Å². The summed E-state index contributed by atoms with van der Waals surface area (Å²) in [5.74, 6) is -0.200. The molecular weight excluding hydrogens is 191 g/mol. The van der Waals surface area contributed by atoms with Crippen LogP contribution in [0.15, 0.2) is 24.3 Å². The van der Waals surface area contributed by atoms with Crippen LogP contribution in [-0.2, 0) is 0 Å². The minimum Gasteiger partial charge on any atom is -0.329 e. The quantitative estimate of drug-likeness (QED) is 0.807. The summed E-state index contributed by atoms with van der Waals surface area (Å²) in [5, 5.41) is 0. The maximum Gasteiger partial charge on any atom is 0.123 e. The normalized spacial score (nSPS) is 13.1. The molecule has 1 aromatic carbocycles. The summed E-state index contributed by atoms with van der Waals surface area (Å²) in [7, 11) is 0. The van der Waals surface area contributed by atoms with E-state index < -0.39 is 0 Å². The van der Waals surface area contributed by atoms with Gasteiger partial charge in [-0.15, -0.1) is 0 Å². The van der Waals surface area contributed by atoms with E-state index in [2.05, 4.69) is 18.7 Å². The number of hydrogen-bond donors (Lipinski definition) is 1. The Labute approximate surface area is 90.9 Å². The topological polar surface area (TPSA) is 29.3 Å². The van der Waals surface area contributed by atoms with Gasteiger partial charge in [-0.3, -0.25) is 4.90 Å². The monoisotopic (exact) mass is 210 g/mol. The maximum absolute atomic E-state index is 12.8. The highest BCUT2D eigenvalue weighted by molar-refractivity contribution is 5.20. The lowest BCUT2D eigenvalue weighted by atomic mass is 10.1. The van der Waals surface area contributed by atoms with Crippen molar-refractivity contribution in [3.05, 3.63) is 35.6 Å². The number of benzene rings is 1. The maximum atomic E-state index is 12.8. The van der Waals surface area contributed by atoms with Crippen LogP contribution in [0.25, 0.3) is 0 Å². The van der Waals surface area contributed by atoms with E-state index in [0.717, 1.165) is 18.7 Å². The van der Waals surface area contributed by atoms with Crippen LogP contribution in [0.4, 0.5) is 4.39 Å². The summed E-state index contributed by atoms with van der Waals surface area (Å²) in [6.45, 7) is 6.68. The largest absolute Gasteiger partial charge is 0.329 e. The molecule has 2 nitrogen and oxygen atoms in total. The molecule has 1 rings (SSSR count). The second kappa shape index (κ2) is 5.83. The molecule has 3 heteroatoms. The third-order valence-corrected chi connectivity index (χ3v) is 2.73. The van der Waals surface area contributed by atoms with Crippen molar-refractivity contribution in [2.24, 2.45) is 5.73 Å². The molecule has 0 amide bonds. The minimum absolute atomic E-state index is 0.195. The average molecular weight is 210 g/mol. The average Bonchev–Trinajstić information content (AvgIpc) is 2.27. The van der Waals surface area contributed by atoms with Crippen molar-refractivity contribution in [1.82, 2.24) is 4.90 Å². The molecule has 0 saturated heterocycles. The van der Waals surface area contributed by atoms with Gasteiger partial charge in [-0.1, -0.05) is 26.0 Å². The Kier molecular flexibility index (Phi) is 4.72. The van der Waals surface area contributed by atoms with Crippen molar-refractivity contribution in [2.45, 2.75) is 19.9 Å². The van der Waals surface area contributed by atoms with Gasteiger partial charge in [-0.05, 0) is 30.8 Å². The summed E-state index contributed by atoms with van der Waals surface area (Å²) >= 11 is 0. The molecule has 0 aromatic heterocycles. The van der Waals surface area contributed by atoms with Crippen LogP contribution in [0.2, 0.25) is 0 Å². The lowest BCUT2D eigenvalue weighted by Gasteiger charge is -2.28. The van der Waals surface area contributed by atoms with Gasteiger partial charge in [0.1, 0.15) is 5.82 Å². The molecule has 0 heterocycles. The Balaban J connectivity index is 2.86. The Morgan fingerprint density at radius 1 is 1.20 bits per heavy atom. The molecule has 15 heavy (non-hydrogen) atoms. The van der Waals surface area contributed by atoms with Crippen molar-refractivity contribution in [3.8, 4) is 0 Å². The van der Waals surface area contributed by atoms with Crippen LogP contribution in [0.5, 0.6) is 0 Å². The SMILES string of the molecule is CCN(CC)[C@H](CN)c1ccc(F)cc1. The molecule has 0 spiro atoms. The zero-order valence-corrected chi connectivity index (χ0v) is 9.41. The Morgan fingerprint density at radius 2 is 1.73 bits per heavy atom. The molecule has 84 valence electrons. The summed E-state index contributed by atoms with van der Waals surface area (Å²) in [6, 6.07) is 6.79. The van der Waals surface area contributed by atoms with Gasteiger partial charge in [0.2, 0.25) is 0 Å². The van der Waals surface area contributed by atoms with Crippen molar-refractivity contribution in [1.29, 1.82) is 0 Å². The first-order chi connectivity index (χ1) is 7.22. The van der Waals surface area contributed by atoms with Crippen LogP contribution >= 0.6 is 0 Å². The van der Waals surface area contributed by atoms with Crippen molar-refractivity contribution in [3.63, 3.8) is 0 Å². The molecule has 0 fully saturated rings. The van der Waals surface area contributed by atoms with E-state index in [-0.39, 0.29) is 11.9 Å². The van der Waals surface area contributed by atoms with E-state index in [4.69, 9.17) is 5.73 Å². The summed E-state index contributed by atoms with van der Waals surface area (Å²) in [4.78, 5) is 2.27. The van der Waals surface area contributed by atoms with Gasteiger partial charge in [0, 0.05) is 12.6 Å². The van der Waals surface area contributed by atoms with Gasteiger partial charge in [0.05, 0.1) is 0 Å². The molecule has 0 aliphatic heterocycles. The second-order valence-corrected chi connectivity index (χ2v) is 3.52. The zero-order valence-electron chi connectivity index (χ0n) is 9.41. The van der Waals surface area contributed by atoms with Gasteiger partial charge >= 0.3 is 0 Å². The fourth-order valence-corrected chi connectivity index (χ4v) is 1.85. The van der Waals surface area contributed by atoms with E-state index in [1.165, 1.54) is 12.1 Å². The predicted molar refractivity (Wildman–Crippen MR) is 61.1 cm³/mol. The molecule has 1 aromatic rings. The molecule has 0 radical (unpaired) electrons. The Hall–Kier alpha value is -0.930. The minimum atomic E-state index is -0.200. The number of halogens is 1. The van der Waals surface area contributed by atoms with Crippen molar-refractivity contribution < 1.29 is 4.39 Å². The number of hydrogen-bond acceptors (Lipinski definition) is 2. The van der Waals surface area contributed by atoms with Crippen LogP contribution in [0.3, 0.4) is 0 Å². The van der Waals surface area contributed by atoms with E-state index in [1.54, 1.807) is 0 Å².